The summed E-state index contributed by atoms with van der Waals surface area (Å²) in [5.41, 5.74) is -0.0574. The van der Waals surface area contributed by atoms with Gasteiger partial charge in [0.1, 0.15) is 17.1 Å². The molecule has 1 spiro atoms. The molecule has 3 atom stereocenters. The number of non-ortho nitro benzene ring substituents is 1. The molecule has 166 valence electrons. The van der Waals surface area contributed by atoms with Gasteiger partial charge in [0.25, 0.3) is 5.69 Å². The third-order valence-corrected chi connectivity index (χ3v) is 6.62. The van der Waals surface area contributed by atoms with Crippen LogP contribution in [0.4, 0.5) is 15.8 Å². The molecule has 8 nitrogen and oxygen atoms in total. The van der Waals surface area contributed by atoms with Crippen molar-refractivity contribution in [2.24, 2.45) is 5.92 Å². The lowest BCUT2D eigenvalue weighted by Crippen LogP contribution is -2.51. The number of rotatable bonds is 4. The Morgan fingerprint density at radius 1 is 1.21 bits per heavy atom. The number of halogens is 1. The van der Waals surface area contributed by atoms with Crippen LogP contribution in [0.2, 0.25) is 0 Å². The Balaban J connectivity index is 1.74. The molecule has 2 aliphatic heterocycles. The zero-order chi connectivity index (χ0) is 23.3. The number of carbonyl (C=O) groups excluding carboxylic acids is 2. The van der Waals surface area contributed by atoms with Gasteiger partial charge in [-0.25, -0.2) is 4.39 Å². The first kappa shape index (κ1) is 20.9. The van der Waals surface area contributed by atoms with E-state index in [9.17, 15) is 24.1 Å². The molecule has 0 radical (unpaired) electrons. The van der Waals surface area contributed by atoms with Crippen molar-refractivity contribution in [2.45, 2.75) is 11.5 Å². The zero-order valence-electron chi connectivity index (χ0n) is 17.6. The third-order valence-electron chi connectivity index (χ3n) is 6.62. The zero-order valence-corrected chi connectivity index (χ0v) is 17.6. The first-order valence-electron chi connectivity index (χ1n) is 10.4. The molecule has 3 aromatic rings. The van der Waals surface area contributed by atoms with Crippen LogP contribution in [0.3, 0.4) is 0 Å². The normalized spacial score (nSPS) is 24.0. The fourth-order valence-corrected chi connectivity index (χ4v) is 5.25. The molecule has 0 unspecified atom stereocenters. The molecule has 1 saturated heterocycles. The van der Waals surface area contributed by atoms with Gasteiger partial charge in [0.15, 0.2) is 5.78 Å². The number of aromatic nitrogens is 1. The smallest absolute Gasteiger partial charge is 0.269 e. The molecular weight excluding hydrogens is 427 g/mol. The summed E-state index contributed by atoms with van der Waals surface area (Å²) in [6.45, 7) is 0.258. The van der Waals surface area contributed by atoms with E-state index in [1.165, 1.54) is 36.5 Å². The highest BCUT2D eigenvalue weighted by Crippen LogP contribution is 2.55. The second-order valence-electron chi connectivity index (χ2n) is 8.31. The highest BCUT2D eigenvalue weighted by molar-refractivity contribution is 6.11. The molecular formula is C24H19FN4O4. The van der Waals surface area contributed by atoms with E-state index in [4.69, 9.17) is 0 Å². The van der Waals surface area contributed by atoms with Crippen molar-refractivity contribution in [3.8, 4) is 0 Å². The summed E-state index contributed by atoms with van der Waals surface area (Å²) in [7, 11) is 1.70. The fourth-order valence-electron chi connectivity index (χ4n) is 5.25. The Morgan fingerprint density at radius 3 is 2.76 bits per heavy atom. The van der Waals surface area contributed by atoms with Crippen LogP contribution in [0.5, 0.6) is 0 Å². The van der Waals surface area contributed by atoms with Crippen molar-refractivity contribution in [2.75, 3.05) is 18.9 Å². The number of carbonyl (C=O) groups is 2. The van der Waals surface area contributed by atoms with Crippen molar-refractivity contribution in [1.29, 1.82) is 0 Å². The molecule has 0 saturated carbocycles. The fraction of sp³-hybridized carbons (Fsp3) is 0.208. The van der Waals surface area contributed by atoms with E-state index < -0.39 is 34.0 Å². The summed E-state index contributed by atoms with van der Waals surface area (Å²) in [6.07, 6.45) is 1.49. The number of nitrogens with one attached hydrogen (secondary N) is 1. The van der Waals surface area contributed by atoms with Gasteiger partial charge in [0.2, 0.25) is 5.91 Å². The van der Waals surface area contributed by atoms with E-state index in [0.29, 0.717) is 16.8 Å². The molecule has 2 aliphatic rings. The van der Waals surface area contributed by atoms with Crippen molar-refractivity contribution in [3.05, 3.63) is 99.6 Å². The van der Waals surface area contributed by atoms with E-state index in [2.05, 4.69) is 10.3 Å². The minimum Gasteiger partial charge on any atom is -0.324 e. The number of fused-ring (bicyclic) bond motifs is 2. The number of likely N-dealkylation sites (N-methyl/N-ethyl adjacent to an activating group) is 1. The number of amides is 1. The summed E-state index contributed by atoms with van der Waals surface area (Å²) >= 11 is 0. The van der Waals surface area contributed by atoms with Gasteiger partial charge in [0.05, 0.1) is 10.8 Å². The first-order chi connectivity index (χ1) is 15.8. The van der Waals surface area contributed by atoms with Gasteiger partial charge < -0.3 is 5.32 Å². The van der Waals surface area contributed by atoms with Crippen LogP contribution < -0.4 is 5.32 Å². The van der Waals surface area contributed by atoms with Crippen LogP contribution in [0, 0.1) is 21.8 Å². The lowest BCUT2D eigenvalue weighted by atomic mass is 9.71. The number of hydrogen-bond donors (Lipinski definition) is 1. The number of anilines is 1. The summed E-state index contributed by atoms with van der Waals surface area (Å²) in [6, 6.07) is 15.0. The van der Waals surface area contributed by atoms with E-state index in [1.807, 2.05) is 0 Å². The van der Waals surface area contributed by atoms with Crippen molar-refractivity contribution in [3.63, 3.8) is 0 Å². The van der Waals surface area contributed by atoms with Gasteiger partial charge in [-0.1, -0.05) is 18.2 Å². The Morgan fingerprint density at radius 2 is 2.03 bits per heavy atom. The highest BCUT2D eigenvalue weighted by atomic mass is 19.1. The quantitative estimate of drug-likeness (QED) is 0.374. The van der Waals surface area contributed by atoms with E-state index in [1.54, 1.807) is 42.3 Å². The summed E-state index contributed by atoms with van der Waals surface area (Å²) in [4.78, 5) is 44.2. The Bertz CT molecular complexity index is 1300. The second-order valence-corrected chi connectivity index (χ2v) is 8.31. The maximum absolute atomic E-state index is 14.3. The van der Waals surface area contributed by atoms with Crippen LogP contribution in [0.25, 0.3) is 0 Å². The van der Waals surface area contributed by atoms with E-state index in [0.717, 1.165) is 0 Å². The maximum Gasteiger partial charge on any atom is 0.269 e. The summed E-state index contributed by atoms with van der Waals surface area (Å²) in [5.74, 6) is -2.90. The number of likely N-dealkylation sites (tertiary alicyclic amines) is 1. The second kappa shape index (κ2) is 7.56. The largest absolute Gasteiger partial charge is 0.324 e. The molecule has 1 fully saturated rings. The van der Waals surface area contributed by atoms with E-state index >= 15 is 0 Å². The van der Waals surface area contributed by atoms with Gasteiger partial charge in [-0.3, -0.25) is 29.6 Å². The first-order valence-corrected chi connectivity index (χ1v) is 10.4. The molecule has 0 bridgehead atoms. The van der Waals surface area contributed by atoms with Crippen LogP contribution in [0.15, 0.2) is 66.9 Å². The molecule has 9 heteroatoms. The summed E-state index contributed by atoms with van der Waals surface area (Å²) in [5, 5.41) is 14.2. The number of hydrogen-bond acceptors (Lipinski definition) is 6. The standard InChI is InChI=1S/C24H19FN4O4/c1-28-13-17(14-5-4-6-16(11-14)29(32)33)21(22(30)20-7-2-3-10-26-20)24(28)18-12-15(25)8-9-19(18)27-23(24)31/h2-12,17,21H,13H2,1H3,(H,27,31)/t17-,21-,24-/m1/s1. The number of ketones is 1. The number of pyridine rings is 1. The molecule has 2 aromatic carbocycles. The molecule has 3 heterocycles. The van der Waals surface area contributed by atoms with Crippen LogP contribution in [-0.4, -0.2) is 40.1 Å². The van der Waals surface area contributed by atoms with Gasteiger partial charge in [-0.2, -0.15) is 0 Å². The topological polar surface area (TPSA) is 105 Å². The maximum atomic E-state index is 14.3. The lowest BCUT2D eigenvalue weighted by Gasteiger charge is -2.35. The SMILES string of the molecule is CN1C[C@H](c2cccc([N+](=O)[O-])c2)[C@H](C(=O)c2ccccn2)[C@]12C(=O)Nc1ccc(F)cc12. The predicted octanol–water partition coefficient (Wildman–Crippen LogP) is 3.50. The average molecular weight is 446 g/mol. The molecule has 0 aliphatic carbocycles. The Labute approximate surface area is 188 Å². The molecule has 33 heavy (non-hydrogen) atoms. The molecule has 1 amide bonds. The minimum atomic E-state index is -1.48. The average Bonchev–Trinajstić information content (AvgIpc) is 3.29. The molecule has 1 N–H and O–H groups in total. The van der Waals surface area contributed by atoms with Crippen molar-refractivity contribution in [1.82, 2.24) is 9.88 Å². The number of Topliss-reactive ketones (excluding diaryl/α,β-unsaturated/α-hetero) is 1. The minimum absolute atomic E-state index is 0.109. The predicted molar refractivity (Wildman–Crippen MR) is 117 cm³/mol. The number of nitrogens with zero attached hydrogens (tertiary/aromatic N) is 3. The van der Waals surface area contributed by atoms with Crippen LogP contribution in [0.1, 0.15) is 27.5 Å². The number of nitro groups is 1. The monoisotopic (exact) mass is 446 g/mol. The summed E-state index contributed by atoms with van der Waals surface area (Å²) < 4.78 is 14.3. The Hall–Kier alpha value is -3.98. The van der Waals surface area contributed by atoms with Gasteiger partial charge in [0, 0.05) is 42.0 Å². The third kappa shape index (κ3) is 3.04. The van der Waals surface area contributed by atoms with Crippen LogP contribution >= 0.6 is 0 Å². The Kier molecular flexibility index (Phi) is 4.79. The van der Waals surface area contributed by atoms with Gasteiger partial charge in [-0.15, -0.1) is 0 Å². The lowest BCUT2D eigenvalue weighted by molar-refractivity contribution is -0.384. The number of benzene rings is 2. The van der Waals surface area contributed by atoms with Crippen molar-refractivity contribution >= 4 is 23.1 Å². The van der Waals surface area contributed by atoms with Gasteiger partial charge >= 0.3 is 0 Å². The number of nitro benzene ring substituents is 1. The van der Waals surface area contributed by atoms with Crippen molar-refractivity contribution < 1.29 is 18.9 Å². The van der Waals surface area contributed by atoms with Gasteiger partial charge in [-0.05, 0) is 42.9 Å². The molecule has 5 rings (SSSR count). The highest BCUT2D eigenvalue weighted by Gasteiger charge is 2.64. The van der Waals surface area contributed by atoms with E-state index in [-0.39, 0.29) is 23.7 Å². The van der Waals surface area contributed by atoms with Crippen LogP contribution in [-0.2, 0) is 10.3 Å². The molecule has 1 aromatic heterocycles.